The highest BCUT2D eigenvalue weighted by molar-refractivity contribution is 5.93. The van der Waals surface area contributed by atoms with Gasteiger partial charge in [0.05, 0.1) is 6.33 Å². The number of amides is 2. The molecule has 1 aliphatic heterocycles. The molecule has 9 heteroatoms. The zero-order valence-electron chi connectivity index (χ0n) is 14.6. The van der Waals surface area contributed by atoms with Crippen LogP contribution in [0.3, 0.4) is 0 Å². The molecule has 1 aromatic heterocycles. The summed E-state index contributed by atoms with van der Waals surface area (Å²) < 4.78 is 40.7. The van der Waals surface area contributed by atoms with Crippen molar-refractivity contribution in [1.29, 1.82) is 0 Å². The van der Waals surface area contributed by atoms with Crippen LogP contribution in [0.4, 0.5) is 13.2 Å². The Kier molecular flexibility index (Phi) is 3.65. The van der Waals surface area contributed by atoms with E-state index >= 15 is 0 Å². The topological polar surface area (TPSA) is 67.2 Å². The van der Waals surface area contributed by atoms with Gasteiger partial charge < -0.3 is 14.8 Å². The minimum Gasteiger partial charge on any atom is -0.342 e. The number of halogens is 3. The lowest BCUT2D eigenvalue weighted by Gasteiger charge is -2.22. The van der Waals surface area contributed by atoms with Crippen molar-refractivity contribution in [2.24, 2.45) is 17.8 Å². The van der Waals surface area contributed by atoms with Crippen LogP contribution in [0.1, 0.15) is 43.2 Å². The molecule has 0 aromatic carbocycles. The Labute approximate surface area is 148 Å². The number of hydrogen-bond acceptors (Lipinski definition) is 3. The van der Waals surface area contributed by atoms with Crippen molar-refractivity contribution in [2.75, 3.05) is 13.1 Å². The highest BCUT2D eigenvalue weighted by atomic mass is 19.4. The van der Waals surface area contributed by atoms with Gasteiger partial charge in [0, 0.05) is 31.2 Å². The second-order valence-corrected chi connectivity index (χ2v) is 7.93. The van der Waals surface area contributed by atoms with Crippen LogP contribution in [-0.4, -0.2) is 51.1 Å². The van der Waals surface area contributed by atoms with Crippen molar-refractivity contribution in [3.05, 3.63) is 18.2 Å². The Hall–Kier alpha value is -2.06. The number of carbonyl (C=O) groups excluding carboxylic acids is 2. The van der Waals surface area contributed by atoms with E-state index in [9.17, 15) is 22.8 Å². The van der Waals surface area contributed by atoms with Crippen LogP contribution in [0.5, 0.6) is 0 Å². The summed E-state index contributed by atoms with van der Waals surface area (Å²) in [5.74, 6) is -1.21. The standard InChI is InChI=1S/C17H21F3N4O2/c1-9(2)24-7-12(21-8-24)15(26)23-5-10-11(6-23)13(10)14(25)22-16(3-4-16)17(18,19)20/h7-11,13H,3-6H2,1-2H3,(H,22,25)/t10-,11+,13?. The van der Waals surface area contributed by atoms with Crippen LogP contribution in [0.2, 0.25) is 0 Å². The molecule has 1 N–H and O–H groups in total. The fourth-order valence-electron chi connectivity index (χ4n) is 3.90. The number of piperidine rings is 1. The van der Waals surface area contributed by atoms with Gasteiger partial charge in [0.15, 0.2) is 0 Å². The van der Waals surface area contributed by atoms with Crippen molar-refractivity contribution in [1.82, 2.24) is 19.8 Å². The number of nitrogens with one attached hydrogen (secondary N) is 1. The third kappa shape index (κ3) is 2.68. The average molecular weight is 370 g/mol. The highest BCUT2D eigenvalue weighted by Crippen LogP contribution is 2.54. The van der Waals surface area contributed by atoms with E-state index in [2.05, 4.69) is 10.3 Å². The molecule has 0 spiro atoms. The number of alkyl halides is 3. The van der Waals surface area contributed by atoms with Crippen LogP contribution in [-0.2, 0) is 4.79 Å². The molecule has 142 valence electrons. The first-order valence-corrected chi connectivity index (χ1v) is 8.84. The molecule has 1 unspecified atom stereocenters. The highest BCUT2D eigenvalue weighted by Gasteiger charge is 2.67. The van der Waals surface area contributed by atoms with Gasteiger partial charge in [0.1, 0.15) is 11.2 Å². The van der Waals surface area contributed by atoms with E-state index in [0.717, 1.165) is 0 Å². The van der Waals surface area contributed by atoms with E-state index < -0.39 is 23.5 Å². The maximum Gasteiger partial charge on any atom is 0.411 e. The number of imidazole rings is 1. The Morgan fingerprint density at radius 1 is 1.27 bits per heavy atom. The molecule has 26 heavy (non-hydrogen) atoms. The predicted octanol–water partition coefficient (Wildman–Crippen LogP) is 1.99. The van der Waals surface area contributed by atoms with Crippen molar-refractivity contribution in [3.63, 3.8) is 0 Å². The molecule has 3 aliphatic rings. The minimum absolute atomic E-state index is 0.0461. The molecule has 3 atom stereocenters. The van der Waals surface area contributed by atoms with Crippen LogP contribution in [0.25, 0.3) is 0 Å². The average Bonchev–Trinajstić information content (AvgIpc) is 3.34. The molecule has 2 heterocycles. The molecule has 2 aliphatic carbocycles. The summed E-state index contributed by atoms with van der Waals surface area (Å²) in [6.07, 6.45) is -1.19. The van der Waals surface area contributed by atoms with E-state index in [1.807, 2.05) is 18.4 Å². The summed E-state index contributed by atoms with van der Waals surface area (Å²) in [7, 11) is 0. The summed E-state index contributed by atoms with van der Waals surface area (Å²) in [6, 6.07) is 0.201. The normalized spacial score (nSPS) is 28.8. The Bertz CT molecular complexity index is 741. The summed E-state index contributed by atoms with van der Waals surface area (Å²) in [5.41, 5.74) is -1.66. The second kappa shape index (κ2) is 5.47. The number of aromatic nitrogens is 2. The second-order valence-electron chi connectivity index (χ2n) is 7.93. The fourth-order valence-corrected chi connectivity index (χ4v) is 3.90. The van der Waals surface area contributed by atoms with E-state index in [1.165, 1.54) is 0 Å². The zero-order valence-corrected chi connectivity index (χ0v) is 14.6. The van der Waals surface area contributed by atoms with Crippen LogP contribution >= 0.6 is 0 Å². The maximum atomic E-state index is 13.0. The van der Waals surface area contributed by atoms with Gasteiger partial charge in [-0.25, -0.2) is 4.98 Å². The van der Waals surface area contributed by atoms with Gasteiger partial charge in [-0.1, -0.05) is 0 Å². The van der Waals surface area contributed by atoms with Gasteiger partial charge in [0.25, 0.3) is 5.91 Å². The monoisotopic (exact) mass is 370 g/mol. The smallest absolute Gasteiger partial charge is 0.342 e. The molecule has 4 rings (SSSR count). The summed E-state index contributed by atoms with van der Waals surface area (Å²) in [5, 5.41) is 2.21. The number of nitrogens with zero attached hydrogens (tertiary/aromatic N) is 3. The molecule has 1 saturated heterocycles. The molecule has 2 amide bonds. The molecule has 6 nitrogen and oxygen atoms in total. The van der Waals surface area contributed by atoms with E-state index in [1.54, 1.807) is 17.4 Å². The molecular formula is C17H21F3N4O2. The van der Waals surface area contributed by atoms with Crippen molar-refractivity contribution < 1.29 is 22.8 Å². The summed E-state index contributed by atoms with van der Waals surface area (Å²) in [4.78, 5) is 30.5. The third-order valence-corrected chi connectivity index (χ3v) is 5.86. The molecular weight excluding hydrogens is 349 g/mol. The summed E-state index contributed by atoms with van der Waals surface area (Å²) >= 11 is 0. The SMILES string of the molecule is CC(C)n1cnc(C(=O)N2C[C@@H]3C(C(=O)NC4(C(F)(F)F)CC4)[C@@H]3C2)c1. The van der Waals surface area contributed by atoms with E-state index in [0.29, 0.717) is 18.8 Å². The first-order chi connectivity index (χ1) is 12.1. The zero-order chi connectivity index (χ0) is 18.9. The van der Waals surface area contributed by atoms with Crippen LogP contribution in [0, 0.1) is 17.8 Å². The number of fused-ring (bicyclic) bond motifs is 1. The van der Waals surface area contributed by atoms with Crippen LogP contribution in [0.15, 0.2) is 12.5 Å². The van der Waals surface area contributed by atoms with Gasteiger partial charge in [-0.15, -0.1) is 0 Å². The largest absolute Gasteiger partial charge is 0.411 e. The fraction of sp³-hybridized carbons (Fsp3) is 0.706. The Balaban J connectivity index is 1.33. The van der Waals surface area contributed by atoms with Gasteiger partial charge in [-0.05, 0) is 38.5 Å². The Morgan fingerprint density at radius 3 is 2.35 bits per heavy atom. The first kappa shape index (κ1) is 17.4. The number of hydrogen-bond donors (Lipinski definition) is 1. The number of rotatable bonds is 4. The van der Waals surface area contributed by atoms with Crippen molar-refractivity contribution in [2.45, 2.75) is 44.4 Å². The van der Waals surface area contributed by atoms with Crippen LogP contribution < -0.4 is 5.32 Å². The molecule has 2 saturated carbocycles. The minimum atomic E-state index is -4.40. The third-order valence-electron chi connectivity index (χ3n) is 5.86. The lowest BCUT2D eigenvalue weighted by molar-refractivity contribution is -0.171. The first-order valence-electron chi connectivity index (χ1n) is 8.84. The number of carbonyl (C=O) groups is 2. The quantitative estimate of drug-likeness (QED) is 0.882. The Morgan fingerprint density at radius 2 is 1.88 bits per heavy atom. The predicted molar refractivity (Wildman–Crippen MR) is 85.1 cm³/mol. The lowest BCUT2D eigenvalue weighted by Crippen LogP contribution is -2.49. The summed E-state index contributed by atoms with van der Waals surface area (Å²) in [6.45, 7) is 4.76. The van der Waals surface area contributed by atoms with Crippen molar-refractivity contribution >= 4 is 11.8 Å². The number of likely N-dealkylation sites (tertiary alicyclic amines) is 1. The van der Waals surface area contributed by atoms with Crippen molar-refractivity contribution in [3.8, 4) is 0 Å². The lowest BCUT2D eigenvalue weighted by atomic mass is 10.2. The van der Waals surface area contributed by atoms with Gasteiger partial charge in [0.2, 0.25) is 5.91 Å². The van der Waals surface area contributed by atoms with Gasteiger partial charge in [-0.2, -0.15) is 13.2 Å². The molecule has 3 fully saturated rings. The molecule has 0 radical (unpaired) electrons. The van der Waals surface area contributed by atoms with Gasteiger partial charge >= 0.3 is 6.18 Å². The molecule has 0 bridgehead atoms. The van der Waals surface area contributed by atoms with E-state index in [4.69, 9.17) is 0 Å². The van der Waals surface area contributed by atoms with E-state index in [-0.39, 0.29) is 36.6 Å². The van der Waals surface area contributed by atoms with Gasteiger partial charge in [-0.3, -0.25) is 9.59 Å². The maximum absolute atomic E-state index is 13.0. The molecule has 1 aromatic rings.